The Hall–Kier alpha value is -5.34. The summed E-state index contributed by atoms with van der Waals surface area (Å²) in [4.78, 5) is 94.1. The van der Waals surface area contributed by atoms with E-state index in [9.17, 15) is 38.7 Å². The number of carboxylic acid groups (broad SMARTS) is 1. The van der Waals surface area contributed by atoms with Gasteiger partial charge in [0.1, 0.15) is 24.7 Å². The summed E-state index contributed by atoms with van der Waals surface area (Å²) >= 11 is 0. The molecule has 5 rings (SSSR count). The van der Waals surface area contributed by atoms with Crippen molar-refractivity contribution in [1.82, 2.24) is 36.1 Å². The number of nitrogens with one attached hydrogen (secondary N) is 5. The highest BCUT2D eigenvalue weighted by atomic mass is 31.0. The number of aromatic nitrogens is 1. The first-order chi connectivity index (χ1) is 33.8. The molecule has 0 radical (unpaired) electrons. The van der Waals surface area contributed by atoms with E-state index in [2.05, 4.69) is 49.7 Å². The van der Waals surface area contributed by atoms with Gasteiger partial charge in [-0.15, -0.1) is 9.24 Å². The number of carbonyl (C=O) groups excluding carboxylic acids is 6. The van der Waals surface area contributed by atoms with E-state index in [0.29, 0.717) is 32.4 Å². The number of benzene rings is 2. The number of para-hydroxylation sites is 1. The molecule has 1 aromatic heterocycles. The van der Waals surface area contributed by atoms with Gasteiger partial charge in [-0.25, -0.2) is 0 Å². The van der Waals surface area contributed by atoms with Gasteiger partial charge in [0.05, 0.1) is 18.6 Å². The standard InChI is InChI=1S/C50H72N7O9P.C4H10/c1-6-56(27-35-28-57(41-11-8-7-10-37(35)41)29-45(61)51-26-34-18-20-36(67)21-19-34)50(66)47(31(4)5)55-44(60)25-42(58)38(22-30(2)3)53-49(65)40(24-33-16-17-33)54-48(64)39(23-32-14-15-32)52-43(59)12-9-13-46(62)63;1-3-4-2/h7-8,10-11,18-21,28,30-33,38-40,42,47,58H,6,9,12-17,22-27,29,67H2,1-5H3,(H,51,61)(H,52,59)(H,53,65)(H,54,64)(H,55,60)(H,62,63);3-4H2,1-2H3/t38?,39?,40-,42-,47?;/m0./s1. The fraction of sp³-hybridized carbons (Fsp3) is 0.611. The van der Waals surface area contributed by atoms with Crippen LogP contribution < -0.4 is 31.9 Å². The van der Waals surface area contributed by atoms with Gasteiger partial charge in [0.15, 0.2) is 0 Å². The number of aliphatic carboxylic acids is 1. The number of rotatable bonds is 29. The quantitative estimate of drug-likeness (QED) is 0.0413. The molecule has 6 atom stereocenters. The molecule has 2 aliphatic rings. The van der Waals surface area contributed by atoms with E-state index in [1.54, 1.807) is 4.90 Å². The van der Waals surface area contributed by atoms with E-state index in [-0.39, 0.29) is 67.8 Å². The molecule has 2 saturated carbocycles. The average Bonchev–Trinajstić information content (AvgIpc) is 4.28. The van der Waals surface area contributed by atoms with Gasteiger partial charge in [-0.2, -0.15) is 0 Å². The molecule has 1 heterocycles. The second kappa shape index (κ2) is 29.2. The van der Waals surface area contributed by atoms with Crippen LogP contribution in [-0.4, -0.2) is 97.9 Å². The van der Waals surface area contributed by atoms with Crippen LogP contribution in [0.15, 0.2) is 54.7 Å². The van der Waals surface area contributed by atoms with E-state index in [0.717, 1.165) is 53.0 Å². The zero-order chi connectivity index (χ0) is 52.2. The highest BCUT2D eigenvalue weighted by molar-refractivity contribution is 7.27. The minimum atomic E-state index is -1.32. The Morgan fingerprint density at radius 3 is 1.93 bits per heavy atom. The smallest absolute Gasteiger partial charge is 0.303 e. The summed E-state index contributed by atoms with van der Waals surface area (Å²) in [6, 6.07) is 12.0. The third kappa shape index (κ3) is 20.4. The molecule has 392 valence electrons. The maximum Gasteiger partial charge on any atom is 0.303 e. The third-order valence-electron chi connectivity index (χ3n) is 13.0. The van der Waals surface area contributed by atoms with Crippen molar-refractivity contribution in [3.8, 4) is 0 Å². The van der Waals surface area contributed by atoms with Crippen molar-refractivity contribution in [1.29, 1.82) is 0 Å². The molecule has 7 N–H and O–H groups in total. The molecule has 0 saturated heterocycles. The van der Waals surface area contributed by atoms with E-state index in [1.807, 2.05) is 93.9 Å². The molecule has 6 amide bonds. The second-order valence-corrected chi connectivity index (χ2v) is 20.9. The number of hydrogen-bond donors (Lipinski definition) is 7. The summed E-state index contributed by atoms with van der Waals surface area (Å²) < 4.78 is 1.88. The number of aliphatic hydroxyl groups excluding tert-OH is 1. The number of likely N-dealkylation sites (N-methyl/N-ethyl adjacent to an activating group) is 1. The normalized spacial score (nSPS) is 15.4. The van der Waals surface area contributed by atoms with Gasteiger partial charge in [0.2, 0.25) is 35.4 Å². The van der Waals surface area contributed by atoms with Crippen molar-refractivity contribution < 1.29 is 43.8 Å². The summed E-state index contributed by atoms with van der Waals surface area (Å²) in [7, 11) is 2.64. The van der Waals surface area contributed by atoms with E-state index < -0.39 is 66.3 Å². The first-order valence-corrected chi connectivity index (χ1v) is 26.5. The Balaban J connectivity index is 0.00000263. The lowest BCUT2D eigenvalue weighted by Crippen LogP contribution is -2.57. The maximum atomic E-state index is 14.3. The van der Waals surface area contributed by atoms with Crippen molar-refractivity contribution >= 4 is 66.9 Å². The van der Waals surface area contributed by atoms with Crippen LogP contribution in [0, 0.1) is 23.7 Å². The SMILES string of the molecule is CCCC.CCN(Cc1cn(CC(=O)NCc2ccc(P)cc2)c2ccccc12)C(=O)C(NC(=O)C[C@H](O)C(CC(C)C)NC(=O)[C@H](CC1CC1)NC(=O)C(CC1CC1)NC(=O)CCCC(=O)O)C(C)C. The number of amides is 6. The van der Waals surface area contributed by atoms with E-state index >= 15 is 0 Å². The van der Waals surface area contributed by atoms with Gasteiger partial charge in [-0.3, -0.25) is 33.6 Å². The molecular weight excluding hydrogens is 922 g/mol. The van der Waals surface area contributed by atoms with Gasteiger partial charge in [-0.05, 0) is 78.8 Å². The lowest BCUT2D eigenvalue weighted by Gasteiger charge is -2.31. The fourth-order valence-electron chi connectivity index (χ4n) is 8.33. The van der Waals surface area contributed by atoms with Gasteiger partial charge in [0, 0.05) is 49.6 Å². The van der Waals surface area contributed by atoms with Gasteiger partial charge >= 0.3 is 5.97 Å². The van der Waals surface area contributed by atoms with Crippen LogP contribution in [0.4, 0.5) is 0 Å². The Bertz CT molecular complexity index is 2220. The van der Waals surface area contributed by atoms with Crippen molar-refractivity contribution in [3.63, 3.8) is 0 Å². The molecule has 4 unspecified atom stereocenters. The fourth-order valence-corrected chi connectivity index (χ4v) is 8.52. The molecule has 2 aliphatic carbocycles. The highest BCUT2D eigenvalue weighted by Crippen LogP contribution is 2.35. The van der Waals surface area contributed by atoms with Crippen LogP contribution in [-0.2, 0) is 53.2 Å². The molecule has 17 heteroatoms. The van der Waals surface area contributed by atoms with Gasteiger partial charge in [-0.1, -0.05) is 123 Å². The van der Waals surface area contributed by atoms with Crippen LogP contribution >= 0.6 is 9.24 Å². The number of carboxylic acids is 1. The summed E-state index contributed by atoms with van der Waals surface area (Å²) in [6.07, 6.45) is 7.56. The Morgan fingerprint density at radius 2 is 1.37 bits per heavy atom. The Labute approximate surface area is 423 Å². The molecule has 3 aromatic rings. The molecule has 0 bridgehead atoms. The number of unbranched alkanes of at least 4 members (excludes halogenated alkanes) is 1. The lowest BCUT2D eigenvalue weighted by molar-refractivity contribution is -0.138. The third-order valence-corrected chi connectivity index (χ3v) is 13.4. The van der Waals surface area contributed by atoms with Gasteiger partial charge < -0.3 is 46.3 Å². The van der Waals surface area contributed by atoms with Crippen LogP contribution in [0.2, 0.25) is 0 Å². The number of nitrogens with zero attached hydrogens (tertiary/aromatic N) is 2. The van der Waals surface area contributed by atoms with Crippen molar-refractivity contribution in [2.75, 3.05) is 6.54 Å². The number of hydrogen-bond acceptors (Lipinski definition) is 8. The van der Waals surface area contributed by atoms with Crippen molar-refractivity contribution in [2.45, 2.75) is 182 Å². The van der Waals surface area contributed by atoms with Crippen molar-refractivity contribution in [2.24, 2.45) is 23.7 Å². The van der Waals surface area contributed by atoms with Crippen LogP contribution in [0.3, 0.4) is 0 Å². The lowest BCUT2D eigenvalue weighted by atomic mass is 9.95. The predicted molar refractivity (Wildman–Crippen MR) is 280 cm³/mol. The zero-order valence-electron chi connectivity index (χ0n) is 43.1. The molecule has 2 aromatic carbocycles. The first-order valence-electron chi connectivity index (χ1n) is 25.9. The maximum absolute atomic E-state index is 14.3. The summed E-state index contributed by atoms with van der Waals surface area (Å²) in [5, 5.41) is 36.9. The monoisotopic (exact) mass is 1000 g/mol. The minimum absolute atomic E-state index is 0.0140. The van der Waals surface area contributed by atoms with E-state index in [1.165, 1.54) is 12.8 Å². The van der Waals surface area contributed by atoms with Gasteiger partial charge in [0.25, 0.3) is 0 Å². The Kier molecular flexibility index (Phi) is 24.0. The summed E-state index contributed by atoms with van der Waals surface area (Å²) in [5.74, 6) is -3.23. The average molecular weight is 1000 g/mol. The summed E-state index contributed by atoms with van der Waals surface area (Å²) in [6.45, 7) is 14.8. The van der Waals surface area contributed by atoms with Crippen LogP contribution in [0.25, 0.3) is 10.9 Å². The molecule has 16 nitrogen and oxygen atoms in total. The summed E-state index contributed by atoms with van der Waals surface area (Å²) in [5.41, 5.74) is 2.68. The highest BCUT2D eigenvalue weighted by Gasteiger charge is 2.37. The molecule has 0 spiro atoms. The molecule has 2 fully saturated rings. The largest absolute Gasteiger partial charge is 0.481 e. The zero-order valence-corrected chi connectivity index (χ0v) is 44.3. The number of carbonyl (C=O) groups is 7. The van der Waals surface area contributed by atoms with Crippen molar-refractivity contribution in [3.05, 3.63) is 65.9 Å². The minimum Gasteiger partial charge on any atom is -0.481 e. The molecular formula is C54H82N7O9P. The van der Waals surface area contributed by atoms with E-state index in [4.69, 9.17) is 5.11 Å². The topological polar surface area (TPSA) is 228 Å². The van der Waals surface area contributed by atoms with Crippen LogP contribution in [0.5, 0.6) is 0 Å². The molecule has 71 heavy (non-hydrogen) atoms. The predicted octanol–water partition coefficient (Wildman–Crippen LogP) is 5.86. The number of aliphatic hydroxyl groups is 1. The molecule has 0 aliphatic heterocycles. The Morgan fingerprint density at radius 1 is 0.761 bits per heavy atom. The first kappa shape index (κ1) is 58.2. The number of fused-ring (bicyclic) bond motifs is 1. The van der Waals surface area contributed by atoms with Crippen LogP contribution in [0.1, 0.15) is 143 Å². The second-order valence-electron chi connectivity index (χ2n) is 20.3.